The predicted octanol–water partition coefficient (Wildman–Crippen LogP) is 15.5. The van der Waals surface area contributed by atoms with Gasteiger partial charge in [-0.25, -0.2) is 0 Å². The Hall–Kier alpha value is -7.82. The van der Waals surface area contributed by atoms with Crippen molar-refractivity contribution in [3.05, 3.63) is 205 Å². The molecule has 0 aliphatic heterocycles. The zero-order valence-corrected chi connectivity index (χ0v) is 31.4. The maximum Gasteiger partial charge on any atom is 0.0653 e. The van der Waals surface area contributed by atoms with Crippen LogP contribution in [-0.2, 0) is 0 Å². The van der Waals surface area contributed by atoms with Crippen molar-refractivity contribution < 1.29 is 32.9 Å². The smallest absolute Gasteiger partial charge is 0.0653 e. The van der Waals surface area contributed by atoms with E-state index in [1.54, 1.807) is 50.2 Å². The van der Waals surface area contributed by atoms with Crippen molar-refractivity contribution >= 4 is 110 Å². The molecule has 4 heteroatoms. The molecule has 0 fully saturated rings. The molecule has 9 aromatic carbocycles. The summed E-state index contributed by atoms with van der Waals surface area (Å²) < 4.78 is 227. The van der Waals surface area contributed by atoms with Gasteiger partial charge in [0.1, 0.15) is 0 Å². The number of anilines is 6. The minimum Gasteiger partial charge on any atom is -0.310 e. The number of hydrogen-bond acceptors (Lipinski definition) is 2. The monoisotopic (exact) mass is 790 g/mol. The summed E-state index contributed by atoms with van der Waals surface area (Å²) in [5.41, 5.74) is -1.82. The van der Waals surface area contributed by atoms with Crippen LogP contribution in [0.5, 0.6) is 0 Å². The third kappa shape index (κ3) is 4.50. The lowest BCUT2D eigenvalue weighted by Crippen LogP contribution is -2.10. The number of aryl methyl sites for hydroxylation is 2. The van der Waals surface area contributed by atoms with Gasteiger partial charge >= 0.3 is 0 Å². The zero-order valence-electron chi connectivity index (χ0n) is 55.4. The number of hydrogen-bond donors (Lipinski definition) is 0. The Balaban J connectivity index is 1.31. The molecular weight excluding hydrogens is 729 g/mol. The van der Waals surface area contributed by atoms with Gasteiger partial charge in [-0.3, -0.25) is 0 Å². The first-order valence-corrected chi connectivity index (χ1v) is 18.8. The summed E-state index contributed by atoms with van der Waals surface area (Å²) in [5.74, 6) is 0. The third-order valence-corrected chi connectivity index (χ3v) is 11.1. The molecule has 0 radical (unpaired) electrons. The molecule has 0 spiro atoms. The van der Waals surface area contributed by atoms with Crippen LogP contribution < -0.4 is 9.80 Å². The Morgan fingerprint density at radius 1 is 0.383 bits per heavy atom. The Labute approximate surface area is 380 Å². The Bertz CT molecular complexity index is 4860. The molecule has 13 rings (SSSR count). The zero-order chi connectivity index (χ0) is 60.5. The highest BCUT2D eigenvalue weighted by Gasteiger charge is 2.27. The number of benzene rings is 9. The van der Waals surface area contributed by atoms with E-state index in [0.717, 1.165) is 0 Å². The van der Waals surface area contributed by atoms with Crippen LogP contribution in [0.2, 0.25) is 0 Å². The Morgan fingerprint density at radius 2 is 0.800 bits per heavy atom. The SMILES string of the molecule is [2H]c1c([2H])c([2H])c(N(c2cccc(C)c2)c2c([2H])c([2H])c3c4c([2H])c5c(c([2H])c4n4c6c([2H])c([2H])c([2H])c([2H])c6c2c34)c2c([2H])c([2H])c(N(c3cccc(C)c3)c3c([2H])c([2H])c([2H])c([2H])c3[2H])c3c4c([2H])c([2H])c([2H])c([2H])c4n5c23)c([2H])c1[2H]. The number of para-hydroxylation sites is 4. The molecule has 0 aliphatic carbocycles. The second-order valence-electron chi connectivity index (χ2n) is 14.5. The molecule has 60 heavy (non-hydrogen) atoms. The summed E-state index contributed by atoms with van der Waals surface area (Å²) in [6.45, 7) is 3.44. The highest BCUT2D eigenvalue weighted by atomic mass is 15.2. The van der Waals surface area contributed by atoms with Crippen LogP contribution in [0.3, 0.4) is 0 Å². The number of fused-ring (bicyclic) bond motifs is 12. The standard InChI is InChI=1S/C56H38N4/c1-35-15-13-21-39(31-35)57(37-17-5-3-6-18-37)49-29-27-41-45-33-52-46(34-51(45)59-47-25-11-9-23-43(47)53(49)55(41)59)42-28-30-50(54-44-24-10-12-26-48(44)60(52)56(42)54)58(38-19-7-4-8-20-38)40-22-14-16-36(2)32-40/h3-34H,1-2H3/i3D,4D,5D,6D,7D,8D,9D,10D,11D,12D,17D,18D,19D,20D,23D,24D,25D,26D,27D,28D,29D,30D,33D,34D. The first-order chi connectivity index (χ1) is 39.6. The van der Waals surface area contributed by atoms with Gasteiger partial charge in [-0.2, -0.15) is 0 Å². The van der Waals surface area contributed by atoms with E-state index < -0.39 is 156 Å². The normalized spacial score (nSPS) is 17.8. The molecule has 0 bridgehead atoms. The first-order valence-electron chi connectivity index (χ1n) is 30.8. The summed E-state index contributed by atoms with van der Waals surface area (Å²) in [4.78, 5) is 2.33. The maximum absolute atomic E-state index is 10.5. The van der Waals surface area contributed by atoms with Crippen molar-refractivity contribution in [2.45, 2.75) is 13.8 Å². The summed E-state index contributed by atoms with van der Waals surface area (Å²) >= 11 is 0. The molecule has 0 saturated carbocycles. The number of nitrogens with zero attached hydrogens (tertiary/aromatic N) is 4. The molecule has 0 unspecified atom stereocenters. The van der Waals surface area contributed by atoms with Gasteiger partial charge in [0.15, 0.2) is 0 Å². The van der Waals surface area contributed by atoms with E-state index in [4.69, 9.17) is 13.7 Å². The van der Waals surface area contributed by atoms with E-state index in [1.165, 1.54) is 30.7 Å². The van der Waals surface area contributed by atoms with Crippen LogP contribution in [0.15, 0.2) is 194 Å². The molecule has 282 valence electrons. The van der Waals surface area contributed by atoms with Crippen LogP contribution in [0.25, 0.3) is 76.2 Å². The predicted molar refractivity (Wildman–Crippen MR) is 255 cm³/mol. The summed E-state index contributed by atoms with van der Waals surface area (Å²) in [5, 5.41) is -2.04. The minimum atomic E-state index is -0.757. The van der Waals surface area contributed by atoms with E-state index in [1.807, 2.05) is 0 Å². The molecule has 13 aromatic rings. The molecular formula is C56H38N4. The van der Waals surface area contributed by atoms with Gasteiger partial charge < -0.3 is 18.6 Å². The highest BCUT2D eigenvalue weighted by Crippen LogP contribution is 2.51. The van der Waals surface area contributed by atoms with Gasteiger partial charge in [-0.1, -0.05) is 109 Å². The van der Waals surface area contributed by atoms with Gasteiger partial charge in [0.25, 0.3) is 0 Å². The van der Waals surface area contributed by atoms with Crippen molar-refractivity contribution in [1.29, 1.82) is 0 Å². The summed E-state index contributed by atoms with van der Waals surface area (Å²) in [6.07, 6.45) is 0. The van der Waals surface area contributed by atoms with Gasteiger partial charge in [-0.15, -0.1) is 0 Å². The molecule has 4 aromatic heterocycles. The second kappa shape index (κ2) is 12.3. The molecule has 0 aliphatic rings. The second-order valence-corrected chi connectivity index (χ2v) is 14.5. The summed E-state index contributed by atoms with van der Waals surface area (Å²) in [7, 11) is 0. The fraction of sp³-hybridized carbons (Fsp3) is 0.0357. The molecule has 0 saturated heterocycles. The average molecular weight is 791 g/mol. The van der Waals surface area contributed by atoms with Crippen molar-refractivity contribution in [2.24, 2.45) is 0 Å². The molecule has 4 heterocycles. The maximum atomic E-state index is 10.5. The van der Waals surface area contributed by atoms with Crippen LogP contribution in [-0.4, -0.2) is 8.80 Å². The Morgan fingerprint density at radius 3 is 1.23 bits per heavy atom. The van der Waals surface area contributed by atoms with Gasteiger partial charge in [-0.05, 0) is 110 Å². The lowest BCUT2D eigenvalue weighted by molar-refractivity contribution is 1.28. The van der Waals surface area contributed by atoms with Crippen LogP contribution in [0.1, 0.15) is 44.0 Å². The van der Waals surface area contributed by atoms with E-state index in [9.17, 15) is 19.2 Å². The Kier molecular flexibility index (Phi) is 3.62. The van der Waals surface area contributed by atoms with Crippen LogP contribution >= 0.6 is 0 Å². The molecule has 0 N–H and O–H groups in total. The lowest BCUT2D eigenvalue weighted by atomic mass is 10.0. The van der Waals surface area contributed by atoms with E-state index in [0.29, 0.717) is 11.1 Å². The van der Waals surface area contributed by atoms with Gasteiger partial charge in [0.05, 0.1) is 77.4 Å². The van der Waals surface area contributed by atoms with Crippen LogP contribution in [0, 0.1) is 13.8 Å². The fourth-order valence-corrected chi connectivity index (χ4v) is 8.72. The fourth-order valence-electron chi connectivity index (χ4n) is 8.72. The van der Waals surface area contributed by atoms with Crippen LogP contribution in [0.4, 0.5) is 34.1 Å². The van der Waals surface area contributed by atoms with Crippen molar-refractivity contribution in [1.82, 2.24) is 8.80 Å². The van der Waals surface area contributed by atoms with E-state index in [-0.39, 0.29) is 98.9 Å². The van der Waals surface area contributed by atoms with Crippen molar-refractivity contribution in [3.8, 4) is 0 Å². The topological polar surface area (TPSA) is 15.3 Å². The molecule has 0 atom stereocenters. The number of rotatable bonds is 6. The first kappa shape index (κ1) is 17.6. The average Bonchev–Trinajstić information content (AvgIpc) is 1.50. The lowest BCUT2D eigenvalue weighted by Gasteiger charge is -2.26. The quantitative estimate of drug-likeness (QED) is 0.167. The minimum absolute atomic E-state index is 0.112. The third-order valence-electron chi connectivity index (χ3n) is 11.1. The van der Waals surface area contributed by atoms with Crippen molar-refractivity contribution in [2.75, 3.05) is 9.80 Å². The van der Waals surface area contributed by atoms with E-state index in [2.05, 4.69) is 0 Å². The molecule has 0 amide bonds. The van der Waals surface area contributed by atoms with Crippen molar-refractivity contribution in [3.63, 3.8) is 0 Å². The summed E-state index contributed by atoms with van der Waals surface area (Å²) in [6, 6.07) is -4.17. The number of aromatic nitrogens is 2. The largest absolute Gasteiger partial charge is 0.310 e. The van der Waals surface area contributed by atoms with Gasteiger partial charge in [0, 0.05) is 65.8 Å². The molecule has 4 nitrogen and oxygen atoms in total. The van der Waals surface area contributed by atoms with E-state index >= 15 is 0 Å². The highest BCUT2D eigenvalue weighted by molar-refractivity contribution is 6.32. The van der Waals surface area contributed by atoms with Gasteiger partial charge in [0.2, 0.25) is 0 Å².